The van der Waals surface area contributed by atoms with E-state index in [4.69, 9.17) is 11.6 Å². The number of hydrogen-bond acceptors (Lipinski definition) is 2. The fourth-order valence-electron chi connectivity index (χ4n) is 2.09. The van der Waals surface area contributed by atoms with Gasteiger partial charge in [0.25, 0.3) is 0 Å². The van der Waals surface area contributed by atoms with Gasteiger partial charge in [0.1, 0.15) is 5.15 Å². The monoisotopic (exact) mass is 274 g/mol. The molecular formula is C16H19ClN2. The molecule has 100 valence electrons. The van der Waals surface area contributed by atoms with Crippen LogP contribution in [0.25, 0.3) is 11.3 Å². The number of nitrogens with zero attached hydrogens (tertiary/aromatic N) is 2. The van der Waals surface area contributed by atoms with Crippen molar-refractivity contribution >= 4 is 11.6 Å². The molecule has 0 amide bonds. The highest BCUT2D eigenvalue weighted by atomic mass is 35.5. The van der Waals surface area contributed by atoms with Crippen LogP contribution in [0.3, 0.4) is 0 Å². The average molecular weight is 275 g/mol. The maximum absolute atomic E-state index is 5.87. The van der Waals surface area contributed by atoms with Crippen molar-refractivity contribution in [2.45, 2.75) is 40.0 Å². The van der Waals surface area contributed by atoms with Crippen LogP contribution in [0.15, 0.2) is 24.4 Å². The molecule has 0 aliphatic carbocycles. The summed E-state index contributed by atoms with van der Waals surface area (Å²) in [5.74, 6) is 0. The summed E-state index contributed by atoms with van der Waals surface area (Å²) in [5.41, 5.74) is 5.52. The second kappa shape index (κ2) is 4.93. The van der Waals surface area contributed by atoms with Crippen LogP contribution in [0.5, 0.6) is 0 Å². The van der Waals surface area contributed by atoms with Crippen molar-refractivity contribution in [2.75, 3.05) is 0 Å². The maximum Gasteiger partial charge on any atom is 0.147 e. The third kappa shape index (κ3) is 3.13. The van der Waals surface area contributed by atoms with Crippen molar-refractivity contribution in [2.24, 2.45) is 0 Å². The molecule has 2 aromatic rings. The van der Waals surface area contributed by atoms with Crippen molar-refractivity contribution in [3.63, 3.8) is 0 Å². The van der Waals surface area contributed by atoms with Gasteiger partial charge in [-0.3, -0.25) is 4.98 Å². The standard InChI is InChI=1S/C16H19ClN2/c1-10-6-12(8-13(7-10)16(3,4)5)15-11(2)19-14(17)9-18-15/h6-9H,1-5H3. The van der Waals surface area contributed by atoms with Gasteiger partial charge in [0.15, 0.2) is 0 Å². The summed E-state index contributed by atoms with van der Waals surface area (Å²) >= 11 is 5.87. The van der Waals surface area contributed by atoms with Gasteiger partial charge in [-0.05, 0) is 37.0 Å². The highest BCUT2D eigenvalue weighted by Crippen LogP contribution is 2.29. The molecule has 0 saturated heterocycles. The zero-order chi connectivity index (χ0) is 14.2. The van der Waals surface area contributed by atoms with Gasteiger partial charge in [-0.2, -0.15) is 0 Å². The Hall–Kier alpha value is -1.41. The van der Waals surface area contributed by atoms with Gasteiger partial charge < -0.3 is 0 Å². The first-order chi connectivity index (χ1) is 8.77. The Bertz CT molecular complexity index is 613. The van der Waals surface area contributed by atoms with Crippen LogP contribution in [0.4, 0.5) is 0 Å². The van der Waals surface area contributed by atoms with Crippen molar-refractivity contribution in [1.82, 2.24) is 9.97 Å². The van der Waals surface area contributed by atoms with Gasteiger partial charge in [0.2, 0.25) is 0 Å². The van der Waals surface area contributed by atoms with Gasteiger partial charge in [-0.15, -0.1) is 0 Å². The molecule has 1 aromatic carbocycles. The minimum absolute atomic E-state index is 0.120. The van der Waals surface area contributed by atoms with Crippen LogP contribution in [0, 0.1) is 13.8 Å². The van der Waals surface area contributed by atoms with Crippen molar-refractivity contribution in [1.29, 1.82) is 0 Å². The lowest BCUT2D eigenvalue weighted by Gasteiger charge is -2.21. The van der Waals surface area contributed by atoms with E-state index in [1.54, 1.807) is 6.20 Å². The van der Waals surface area contributed by atoms with E-state index in [1.165, 1.54) is 11.1 Å². The molecule has 3 heteroatoms. The van der Waals surface area contributed by atoms with Crippen LogP contribution >= 0.6 is 11.6 Å². The Morgan fingerprint density at radius 1 is 1.05 bits per heavy atom. The SMILES string of the molecule is Cc1cc(-c2ncc(Cl)nc2C)cc(C(C)(C)C)c1. The molecule has 0 N–H and O–H groups in total. The summed E-state index contributed by atoms with van der Waals surface area (Å²) in [4.78, 5) is 8.69. The van der Waals surface area contributed by atoms with E-state index >= 15 is 0 Å². The first kappa shape index (κ1) is 14.0. The summed E-state index contributed by atoms with van der Waals surface area (Å²) in [7, 11) is 0. The normalized spacial score (nSPS) is 11.7. The molecule has 0 aliphatic rings. The summed E-state index contributed by atoms with van der Waals surface area (Å²) in [6, 6.07) is 6.56. The Labute approximate surface area is 119 Å². The number of hydrogen-bond donors (Lipinski definition) is 0. The van der Waals surface area contributed by atoms with Gasteiger partial charge in [-0.1, -0.05) is 44.0 Å². The number of benzene rings is 1. The zero-order valence-electron chi connectivity index (χ0n) is 12.1. The lowest BCUT2D eigenvalue weighted by Crippen LogP contribution is -2.11. The molecule has 1 aromatic heterocycles. The first-order valence-electron chi connectivity index (χ1n) is 6.39. The van der Waals surface area contributed by atoms with Gasteiger partial charge >= 0.3 is 0 Å². The van der Waals surface area contributed by atoms with E-state index in [0.29, 0.717) is 5.15 Å². The largest absolute Gasteiger partial charge is 0.251 e. The second-order valence-corrected chi connectivity index (χ2v) is 6.35. The van der Waals surface area contributed by atoms with Crippen molar-refractivity contribution < 1.29 is 0 Å². The van der Waals surface area contributed by atoms with E-state index in [2.05, 4.69) is 55.9 Å². The summed E-state index contributed by atoms with van der Waals surface area (Å²) in [6.45, 7) is 10.7. The van der Waals surface area contributed by atoms with E-state index in [1.807, 2.05) is 6.92 Å². The molecule has 0 bridgehead atoms. The molecule has 0 aliphatic heterocycles. The van der Waals surface area contributed by atoms with Gasteiger partial charge in [-0.25, -0.2) is 4.98 Å². The number of halogens is 1. The zero-order valence-corrected chi connectivity index (χ0v) is 12.8. The Balaban J connectivity index is 2.59. The summed E-state index contributed by atoms with van der Waals surface area (Å²) < 4.78 is 0. The minimum Gasteiger partial charge on any atom is -0.251 e. The summed E-state index contributed by atoms with van der Waals surface area (Å²) in [5, 5.41) is 0.435. The van der Waals surface area contributed by atoms with Crippen molar-refractivity contribution in [3.8, 4) is 11.3 Å². The topological polar surface area (TPSA) is 25.8 Å². The van der Waals surface area contributed by atoms with Gasteiger partial charge in [0, 0.05) is 5.56 Å². The first-order valence-corrected chi connectivity index (χ1v) is 6.77. The van der Waals surface area contributed by atoms with Crippen molar-refractivity contribution in [3.05, 3.63) is 46.4 Å². The van der Waals surface area contributed by atoms with Crippen LogP contribution < -0.4 is 0 Å². The Kier molecular flexibility index (Phi) is 3.64. The molecule has 1 heterocycles. The lowest BCUT2D eigenvalue weighted by atomic mass is 9.84. The third-order valence-electron chi connectivity index (χ3n) is 3.13. The Morgan fingerprint density at radius 2 is 1.74 bits per heavy atom. The van der Waals surface area contributed by atoms with E-state index < -0.39 is 0 Å². The van der Waals surface area contributed by atoms with E-state index in [-0.39, 0.29) is 5.41 Å². The van der Waals surface area contributed by atoms with E-state index in [0.717, 1.165) is 17.0 Å². The fraction of sp³-hybridized carbons (Fsp3) is 0.375. The quantitative estimate of drug-likeness (QED) is 0.752. The molecule has 0 radical (unpaired) electrons. The molecule has 0 atom stereocenters. The van der Waals surface area contributed by atoms with E-state index in [9.17, 15) is 0 Å². The number of aryl methyl sites for hydroxylation is 2. The smallest absolute Gasteiger partial charge is 0.147 e. The Morgan fingerprint density at radius 3 is 2.32 bits per heavy atom. The third-order valence-corrected chi connectivity index (χ3v) is 3.32. The molecule has 0 unspecified atom stereocenters. The molecule has 19 heavy (non-hydrogen) atoms. The molecule has 2 nitrogen and oxygen atoms in total. The highest BCUT2D eigenvalue weighted by Gasteiger charge is 2.16. The molecular weight excluding hydrogens is 256 g/mol. The van der Waals surface area contributed by atoms with Crippen LogP contribution in [-0.2, 0) is 5.41 Å². The minimum atomic E-state index is 0.120. The number of rotatable bonds is 1. The highest BCUT2D eigenvalue weighted by molar-refractivity contribution is 6.29. The summed E-state index contributed by atoms with van der Waals surface area (Å²) in [6.07, 6.45) is 1.60. The fourth-order valence-corrected chi connectivity index (χ4v) is 2.27. The van der Waals surface area contributed by atoms with Gasteiger partial charge in [0.05, 0.1) is 17.6 Å². The predicted molar refractivity (Wildman–Crippen MR) is 80.7 cm³/mol. The second-order valence-electron chi connectivity index (χ2n) is 5.96. The maximum atomic E-state index is 5.87. The lowest BCUT2D eigenvalue weighted by molar-refractivity contribution is 0.590. The number of aromatic nitrogens is 2. The molecule has 0 saturated carbocycles. The predicted octanol–water partition coefficient (Wildman–Crippen LogP) is 4.71. The molecule has 0 spiro atoms. The molecule has 0 fully saturated rings. The van der Waals surface area contributed by atoms with Crippen LogP contribution in [0.1, 0.15) is 37.6 Å². The van der Waals surface area contributed by atoms with Crippen LogP contribution in [-0.4, -0.2) is 9.97 Å². The average Bonchev–Trinajstić information content (AvgIpc) is 2.26. The molecule has 2 rings (SSSR count). The van der Waals surface area contributed by atoms with Crippen LogP contribution in [0.2, 0.25) is 5.15 Å².